The molecule has 0 unspecified atom stereocenters. The molecule has 3 aromatic carbocycles. The predicted molar refractivity (Wildman–Crippen MR) is 162 cm³/mol. The summed E-state index contributed by atoms with van der Waals surface area (Å²) in [6.45, 7) is 5.53. The number of nitrogens with one attached hydrogen (secondary N) is 3. The fraction of sp³-hybridized carbons (Fsp3) is 0.355. The van der Waals surface area contributed by atoms with Gasteiger partial charge in [0.2, 0.25) is 0 Å². The van der Waals surface area contributed by atoms with E-state index in [1.807, 2.05) is 43.3 Å². The molecule has 1 heterocycles. The molecule has 4 rings (SSSR count). The molecule has 0 atom stereocenters. The van der Waals surface area contributed by atoms with Crippen LogP contribution in [0.15, 0.2) is 77.3 Å². The van der Waals surface area contributed by atoms with Crippen LogP contribution in [0.25, 0.3) is 0 Å². The molecule has 1 saturated heterocycles. The summed E-state index contributed by atoms with van der Waals surface area (Å²) in [5.41, 5.74) is 4.08. The number of benzene rings is 3. The van der Waals surface area contributed by atoms with Crippen molar-refractivity contribution in [2.45, 2.75) is 32.6 Å². The smallest absolute Gasteiger partial charge is 0.323 e. The van der Waals surface area contributed by atoms with Crippen molar-refractivity contribution in [2.75, 3.05) is 48.4 Å². The molecule has 0 bridgehead atoms. The van der Waals surface area contributed by atoms with E-state index in [2.05, 4.69) is 67.1 Å². The van der Waals surface area contributed by atoms with Gasteiger partial charge in [-0.25, -0.2) is 4.79 Å². The summed E-state index contributed by atoms with van der Waals surface area (Å²) in [7, 11) is 0. The lowest BCUT2D eigenvalue weighted by molar-refractivity contribution is 0.0944. The molecule has 0 saturated carbocycles. The van der Waals surface area contributed by atoms with Crippen LogP contribution in [-0.4, -0.2) is 44.8 Å². The molecule has 0 spiro atoms. The highest BCUT2D eigenvalue weighted by atomic mass is 79.9. The Kier molecular flexibility index (Phi) is 10.8. The fourth-order valence-corrected chi connectivity index (χ4v) is 5.10. The molecule has 3 N–H and O–H groups in total. The quantitative estimate of drug-likeness (QED) is 0.216. The van der Waals surface area contributed by atoms with Crippen molar-refractivity contribution in [3.8, 4) is 0 Å². The number of anilines is 3. The number of urea groups is 1. The van der Waals surface area contributed by atoms with Crippen LogP contribution in [0, 0.1) is 5.92 Å². The highest BCUT2D eigenvalue weighted by Crippen LogP contribution is 2.30. The minimum atomic E-state index is -0.366. The Labute approximate surface area is 239 Å². The number of carbonyl (C=O) groups is 2. The molecule has 3 aromatic rings. The summed E-state index contributed by atoms with van der Waals surface area (Å²) in [5.74, 6) is 0.479. The van der Waals surface area contributed by atoms with E-state index >= 15 is 0 Å². The van der Waals surface area contributed by atoms with Gasteiger partial charge in [0, 0.05) is 54.4 Å². The van der Waals surface area contributed by atoms with Crippen LogP contribution in [0.3, 0.4) is 0 Å². The molecule has 39 heavy (non-hydrogen) atoms. The molecule has 206 valence electrons. The zero-order valence-electron chi connectivity index (χ0n) is 22.4. The van der Waals surface area contributed by atoms with Crippen molar-refractivity contribution in [1.82, 2.24) is 5.32 Å². The van der Waals surface area contributed by atoms with Gasteiger partial charge in [-0.05, 0) is 86.6 Å². The number of rotatable bonds is 11. The zero-order valence-corrected chi connectivity index (χ0v) is 24.0. The van der Waals surface area contributed by atoms with Gasteiger partial charge in [0.1, 0.15) is 0 Å². The Balaban J connectivity index is 1.43. The third-order valence-corrected chi connectivity index (χ3v) is 7.41. The third kappa shape index (κ3) is 8.83. The number of halogens is 1. The van der Waals surface area contributed by atoms with Crippen LogP contribution < -0.4 is 20.9 Å². The monoisotopic (exact) mass is 592 g/mol. The highest BCUT2D eigenvalue weighted by Gasteiger charge is 2.24. The largest absolute Gasteiger partial charge is 0.382 e. The van der Waals surface area contributed by atoms with Crippen LogP contribution in [0.5, 0.6) is 0 Å². The first kappa shape index (κ1) is 28.6. The summed E-state index contributed by atoms with van der Waals surface area (Å²) < 4.78 is 6.33. The lowest BCUT2D eigenvalue weighted by Crippen LogP contribution is -2.36. The van der Waals surface area contributed by atoms with E-state index in [-0.39, 0.29) is 11.9 Å². The highest BCUT2D eigenvalue weighted by molar-refractivity contribution is 9.10. The van der Waals surface area contributed by atoms with E-state index in [0.717, 1.165) is 48.9 Å². The SMILES string of the molecule is CCOCCCNC(=O)c1cc(NC(=O)Nc2ccc(Br)cc2)ccc1N1CCC(Cc2ccccc2)CC1. The van der Waals surface area contributed by atoms with Gasteiger partial charge in [-0.3, -0.25) is 4.79 Å². The van der Waals surface area contributed by atoms with Gasteiger partial charge in [0.05, 0.1) is 5.56 Å². The fourth-order valence-electron chi connectivity index (χ4n) is 4.84. The van der Waals surface area contributed by atoms with E-state index in [9.17, 15) is 9.59 Å². The van der Waals surface area contributed by atoms with E-state index in [1.165, 1.54) is 5.56 Å². The van der Waals surface area contributed by atoms with Crippen molar-refractivity contribution in [3.63, 3.8) is 0 Å². The molecule has 1 fully saturated rings. The van der Waals surface area contributed by atoms with Gasteiger partial charge in [-0.15, -0.1) is 0 Å². The van der Waals surface area contributed by atoms with Gasteiger partial charge in [0.25, 0.3) is 5.91 Å². The topological polar surface area (TPSA) is 82.7 Å². The number of hydrogen-bond acceptors (Lipinski definition) is 4. The zero-order chi connectivity index (χ0) is 27.5. The predicted octanol–water partition coefficient (Wildman–Crippen LogP) is 6.71. The number of carbonyl (C=O) groups excluding carboxylic acids is 2. The van der Waals surface area contributed by atoms with E-state index in [0.29, 0.717) is 42.6 Å². The summed E-state index contributed by atoms with van der Waals surface area (Å²) >= 11 is 3.40. The summed E-state index contributed by atoms with van der Waals surface area (Å²) in [5, 5.41) is 8.72. The summed E-state index contributed by atoms with van der Waals surface area (Å²) in [4.78, 5) is 28.2. The molecule has 0 aromatic heterocycles. The Hall–Kier alpha value is -3.36. The van der Waals surface area contributed by atoms with Crippen LogP contribution in [0.1, 0.15) is 42.1 Å². The molecule has 3 amide bonds. The molecular formula is C31H37BrN4O3. The molecule has 0 aliphatic carbocycles. The number of amides is 3. The molecule has 7 nitrogen and oxygen atoms in total. The first-order valence-electron chi connectivity index (χ1n) is 13.6. The Morgan fingerprint density at radius 2 is 1.64 bits per heavy atom. The Bertz CT molecular complexity index is 1210. The third-order valence-electron chi connectivity index (χ3n) is 6.88. The lowest BCUT2D eigenvalue weighted by Gasteiger charge is -2.35. The minimum Gasteiger partial charge on any atom is -0.382 e. The van der Waals surface area contributed by atoms with Gasteiger partial charge in [-0.2, -0.15) is 0 Å². The van der Waals surface area contributed by atoms with Gasteiger partial charge in [-0.1, -0.05) is 46.3 Å². The first-order chi connectivity index (χ1) is 19.0. The maximum Gasteiger partial charge on any atom is 0.323 e. The van der Waals surface area contributed by atoms with Crippen molar-refractivity contribution < 1.29 is 14.3 Å². The van der Waals surface area contributed by atoms with E-state index in [4.69, 9.17) is 4.74 Å². The average Bonchev–Trinajstić information content (AvgIpc) is 2.95. The molecule has 1 aliphatic rings. The van der Waals surface area contributed by atoms with Crippen LogP contribution >= 0.6 is 15.9 Å². The maximum atomic E-state index is 13.3. The maximum absolute atomic E-state index is 13.3. The molecule has 0 radical (unpaired) electrons. The summed E-state index contributed by atoms with van der Waals surface area (Å²) in [6, 6.07) is 23.2. The van der Waals surface area contributed by atoms with E-state index in [1.54, 1.807) is 6.07 Å². The van der Waals surface area contributed by atoms with Crippen LogP contribution in [-0.2, 0) is 11.2 Å². The van der Waals surface area contributed by atoms with Gasteiger partial charge < -0.3 is 25.6 Å². The van der Waals surface area contributed by atoms with Crippen molar-refractivity contribution in [1.29, 1.82) is 0 Å². The second kappa shape index (κ2) is 14.7. The average molecular weight is 594 g/mol. The van der Waals surface area contributed by atoms with Crippen molar-refractivity contribution in [3.05, 3.63) is 88.4 Å². The van der Waals surface area contributed by atoms with Crippen LogP contribution in [0.2, 0.25) is 0 Å². The summed E-state index contributed by atoms with van der Waals surface area (Å²) in [6.07, 6.45) is 3.96. The van der Waals surface area contributed by atoms with Crippen molar-refractivity contribution in [2.24, 2.45) is 5.92 Å². The Morgan fingerprint density at radius 1 is 0.949 bits per heavy atom. The minimum absolute atomic E-state index is 0.148. The number of ether oxygens (including phenoxy) is 1. The first-order valence-corrected chi connectivity index (χ1v) is 14.4. The second-order valence-corrected chi connectivity index (χ2v) is 10.7. The van der Waals surface area contributed by atoms with E-state index < -0.39 is 0 Å². The van der Waals surface area contributed by atoms with Crippen LogP contribution in [0.4, 0.5) is 21.9 Å². The second-order valence-electron chi connectivity index (χ2n) is 9.74. The standard InChI is InChI=1S/C31H37BrN4O3/c1-2-39-20-6-17-33-30(37)28-22-27(35-31(38)34-26-11-9-25(32)10-12-26)13-14-29(28)36-18-15-24(16-19-36)21-23-7-4-3-5-8-23/h3-5,7-14,22,24H,2,6,15-21H2,1H3,(H,33,37)(H2,34,35,38). The van der Waals surface area contributed by atoms with Gasteiger partial charge >= 0.3 is 6.03 Å². The molecule has 1 aliphatic heterocycles. The lowest BCUT2D eigenvalue weighted by atomic mass is 9.89. The molecular weight excluding hydrogens is 556 g/mol. The normalized spacial score (nSPS) is 13.6. The number of hydrogen-bond donors (Lipinski definition) is 3. The van der Waals surface area contributed by atoms with Crippen molar-refractivity contribution >= 4 is 44.9 Å². The molecule has 8 heteroatoms. The number of nitrogens with zero attached hydrogens (tertiary/aromatic N) is 1. The number of piperidine rings is 1. The Morgan fingerprint density at radius 3 is 2.36 bits per heavy atom. The van der Waals surface area contributed by atoms with Gasteiger partial charge in [0.15, 0.2) is 0 Å².